The standard InChI is InChI=1S/C22H39N5O6/c1-13(2)11-16(24)19(30)26-17(8-4-5-10-23)20(31)25-12-18(29)27-22(21(32)33)9-6-7-15(22)14(3)28/h13,15-17H,4-12,23-24H2,1-3H3,(H,25,31)(H,26,30)(H,27,29)(H,32,33)/t15?,16-,17-,22?/m0/s1. The molecule has 11 heteroatoms. The Bertz CT molecular complexity index is 728. The van der Waals surface area contributed by atoms with Crippen molar-refractivity contribution in [3.63, 3.8) is 0 Å². The minimum absolute atomic E-state index is 0.137. The molecule has 0 spiro atoms. The number of nitrogens with two attached hydrogens (primary N) is 2. The zero-order chi connectivity index (χ0) is 25.2. The molecule has 2 unspecified atom stereocenters. The molecule has 1 aliphatic carbocycles. The number of ketones is 1. The molecule has 0 saturated heterocycles. The Labute approximate surface area is 194 Å². The van der Waals surface area contributed by atoms with Gasteiger partial charge in [-0.15, -0.1) is 0 Å². The predicted octanol–water partition coefficient (Wildman–Crippen LogP) is -0.581. The highest BCUT2D eigenvalue weighted by molar-refractivity contribution is 5.96. The summed E-state index contributed by atoms with van der Waals surface area (Å²) < 4.78 is 0. The highest BCUT2D eigenvalue weighted by atomic mass is 16.4. The molecule has 0 aromatic rings. The van der Waals surface area contributed by atoms with Crippen LogP contribution in [0.15, 0.2) is 0 Å². The van der Waals surface area contributed by atoms with Gasteiger partial charge in [0.15, 0.2) is 0 Å². The molecule has 0 heterocycles. The lowest BCUT2D eigenvalue weighted by molar-refractivity contribution is -0.151. The average molecular weight is 470 g/mol. The number of Topliss-reactive ketones (excluding diaryl/α,β-unsaturated/α-hetero) is 1. The third kappa shape index (κ3) is 8.39. The van der Waals surface area contributed by atoms with Crippen molar-refractivity contribution >= 4 is 29.5 Å². The first-order valence-corrected chi connectivity index (χ1v) is 11.5. The van der Waals surface area contributed by atoms with Crippen LogP contribution in [0.5, 0.6) is 0 Å². The van der Waals surface area contributed by atoms with E-state index < -0.39 is 53.8 Å². The quantitative estimate of drug-likeness (QED) is 0.182. The number of unbranched alkanes of at least 4 members (excludes halogenated alkanes) is 1. The molecule has 0 aromatic carbocycles. The summed E-state index contributed by atoms with van der Waals surface area (Å²) in [7, 11) is 0. The van der Waals surface area contributed by atoms with E-state index in [0.717, 1.165) is 0 Å². The van der Waals surface area contributed by atoms with Crippen LogP contribution >= 0.6 is 0 Å². The molecule has 11 nitrogen and oxygen atoms in total. The third-order valence-electron chi connectivity index (χ3n) is 5.96. The maximum atomic E-state index is 12.7. The highest BCUT2D eigenvalue weighted by Crippen LogP contribution is 2.36. The second-order valence-electron chi connectivity index (χ2n) is 9.18. The SMILES string of the molecule is CC(=O)C1CCCC1(NC(=O)CNC(=O)[C@H](CCCCN)NC(=O)[C@@H](N)CC(C)C)C(=O)O. The lowest BCUT2D eigenvalue weighted by atomic mass is 9.84. The number of nitrogens with one attached hydrogen (secondary N) is 3. The van der Waals surface area contributed by atoms with Gasteiger partial charge in [-0.05, 0) is 64.3 Å². The topological polar surface area (TPSA) is 194 Å². The van der Waals surface area contributed by atoms with Gasteiger partial charge in [0.1, 0.15) is 17.4 Å². The van der Waals surface area contributed by atoms with Crippen LogP contribution in [0.4, 0.5) is 0 Å². The van der Waals surface area contributed by atoms with Crippen LogP contribution in [0.3, 0.4) is 0 Å². The van der Waals surface area contributed by atoms with Crippen molar-refractivity contribution in [1.29, 1.82) is 0 Å². The van der Waals surface area contributed by atoms with Gasteiger partial charge in [0.05, 0.1) is 18.5 Å². The average Bonchev–Trinajstić information content (AvgIpc) is 3.16. The summed E-state index contributed by atoms with van der Waals surface area (Å²) in [6.07, 6.45) is 3.03. The molecular formula is C22H39N5O6. The number of aliphatic carboxylic acids is 1. The zero-order valence-corrected chi connectivity index (χ0v) is 19.8. The monoisotopic (exact) mass is 469 g/mol. The minimum Gasteiger partial charge on any atom is -0.479 e. The number of carboxylic acid groups (broad SMARTS) is 1. The van der Waals surface area contributed by atoms with E-state index >= 15 is 0 Å². The first-order chi connectivity index (χ1) is 15.4. The summed E-state index contributed by atoms with van der Waals surface area (Å²) in [6.45, 7) is 5.12. The number of hydrogen-bond acceptors (Lipinski definition) is 7. The number of carbonyl (C=O) groups is 5. The number of amides is 3. The third-order valence-corrected chi connectivity index (χ3v) is 5.96. The van der Waals surface area contributed by atoms with E-state index in [1.54, 1.807) is 0 Å². The molecule has 3 amide bonds. The van der Waals surface area contributed by atoms with Crippen molar-refractivity contribution in [2.75, 3.05) is 13.1 Å². The molecule has 188 valence electrons. The lowest BCUT2D eigenvalue weighted by Gasteiger charge is -2.31. The summed E-state index contributed by atoms with van der Waals surface area (Å²) in [5.74, 6) is -3.95. The normalized spacial score (nSPS) is 21.8. The zero-order valence-electron chi connectivity index (χ0n) is 19.8. The fourth-order valence-electron chi connectivity index (χ4n) is 4.25. The van der Waals surface area contributed by atoms with E-state index in [4.69, 9.17) is 11.5 Å². The highest BCUT2D eigenvalue weighted by Gasteiger charge is 2.52. The van der Waals surface area contributed by atoms with Crippen molar-refractivity contribution in [3.8, 4) is 0 Å². The lowest BCUT2D eigenvalue weighted by Crippen LogP contribution is -2.60. The van der Waals surface area contributed by atoms with Gasteiger partial charge in [-0.3, -0.25) is 19.2 Å². The van der Waals surface area contributed by atoms with Gasteiger partial charge in [0.25, 0.3) is 0 Å². The molecule has 0 aromatic heterocycles. The van der Waals surface area contributed by atoms with E-state index in [1.807, 2.05) is 13.8 Å². The largest absolute Gasteiger partial charge is 0.479 e. The van der Waals surface area contributed by atoms with Crippen molar-refractivity contribution in [2.45, 2.75) is 83.3 Å². The Kier molecular flexibility index (Phi) is 11.4. The van der Waals surface area contributed by atoms with Crippen molar-refractivity contribution in [3.05, 3.63) is 0 Å². The van der Waals surface area contributed by atoms with Crippen LogP contribution in [-0.4, -0.2) is 65.3 Å². The number of carboxylic acids is 1. The molecule has 0 bridgehead atoms. The smallest absolute Gasteiger partial charge is 0.330 e. The fourth-order valence-corrected chi connectivity index (χ4v) is 4.25. The van der Waals surface area contributed by atoms with Crippen LogP contribution in [0, 0.1) is 11.8 Å². The van der Waals surface area contributed by atoms with Gasteiger partial charge in [0.2, 0.25) is 17.7 Å². The summed E-state index contributed by atoms with van der Waals surface area (Å²) in [6, 6.07) is -1.67. The first-order valence-electron chi connectivity index (χ1n) is 11.5. The van der Waals surface area contributed by atoms with Crippen LogP contribution in [0.2, 0.25) is 0 Å². The van der Waals surface area contributed by atoms with Crippen LogP contribution in [0.1, 0.15) is 65.7 Å². The van der Waals surface area contributed by atoms with Gasteiger partial charge in [-0.25, -0.2) is 4.79 Å². The maximum Gasteiger partial charge on any atom is 0.330 e. The Morgan fingerprint density at radius 2 is 1.79 bits per heavy atom. The van der Waals surface area contributed by atoms with E-state index in [9.17, 15) is 29.1 Å². The summed E-state index contributed by atoms with van der Waals surface area (Å²) in [4.78, 5) is 61.4. The number of carbonyl (C=O) groups excluding carboxylic acids is 4. The summed E-state index contributed by atoms with van der Waals surface area (Å²) >= 11 is 0. The summed E-state index contributed by atoms with van der Waals surface area (Å²) in [5, 5.41) is 17.3. The predicted molar refractivity (Wildman–Crippen MR) is 122 cm³/mol. The van der Waals surface area contributed by atoms with E-state index in [1.165, 1.54) is 6.92 Å². The second-order valence-corrected chi connectivity index (χ2v) is 9.18. The Morgan fingerprint density at radius 1 is 1.12 bits per heavy atom. The van der Waals surface area contributed by atoms with Crippen molar-refractivity contribution < 1.29 is 29.1 Å². The molecule has 33 heavy (non-hydrogen) atoms. The molecule has 1 saturated carbocycles. The molecule has 8 N–H and O–H groups in total. The van der Waals surface area contributed by atoms with Gasteiger partial charge in [-0.1, -0.05) is 13.8 Å². The van der Waals surface area contributed by atoms with E-state index in [0.29, 0.717) is 45.1 Å². The Morgan fingerprint density at radius 3 is 2.33 bits per heavy atom. The van der Waals surface area contributed by atoms with E-state index in [2.05, 4.69) is 16.0 Å². The second kappa shape index (κ2) is 13.2. The summed E-state index contributed by atoms with van der Waals surface area (Å²) in [5.41, 5.74) is 9.74. The molecular weight excluding hydrogens is 430 g/mol. The number of rotatable bonds is 14. The fraction of sp³-hybridized carbons (Fsp3) is 0.773. The van der Waals surface area contributed by atoms with Crippen LogP contribution in [-0.2, 0) is 24.0 Å². The maximum absolute atomic E-state index is 12.7. The van der Waals surface area contributed by atoms with Gasteiger partial charge >= 0.3 is 5.97 Å². The Hall–Kier alpha value is -2.53. The van der Waals surface area contributed by atoms with Gasteiger partial charge in [-0.2, -0.15) is 0 Å². The minimum atomic E-state index is -1.67. The van der Waals surface area contributed by atoms with Crippen molar-refractivity contribution in [1.82, 2.24) is 16.0 Å². The molecule has 0 aliphatic heterocycles. The van der Waals surface area contributed by atoms with Crippen molar-refractivity contribution in [2.24, 2.45) is 23.3 Å². The first kappa shape index (κ1) is 28.5. The molecule has 1 aliphatic rings. The Balaban J connectivity index is 2.77. The van der Waals surface area contributed by atoms with Gasteiger partial charge in [0, 0.05) is 0 Å². The van der Waals surface area contributed by atoms with Crippen LogP contribution < -0.4 is 27.4 Å². The molecule has 1 rings (SSSR count). The van der Waals surface area contributed by atoms with E-state index in [-0.39, 0.29) is 18.1 Å². The molecule has 1 fully saturated rings. The van der Waals surface area contributed by atoms with Crippen LogP contribution in [0.25, 0.3) is 0 Å². The number of hydrogen-bond donors (Lipinski definition) is 6. The molecule has 0 radical (unpaired) electrons. The molecule has 4 atom stereocenters. The van der Waals surface area contributed by atoms with Gasteiger partial charge < -0.3 is 32.5 Å².